The normalized spacial score (nSPS) is 10.2. The number of aromatic nitrogens is 1. The number of nitrogens with one attached hydrogen (secondary N) is 2. The first-order valence-corrected chi connectivity index (χ1v) is 5.39. The Labute approximate surface area is 103 Å². The summed E-state index contributed by atoms with van der Waals surface area (Å²) < 4.78 is 12.9. The van der Waals surface area contributed by atoms with Gasteiger partial charge in [0, 0.05) is 24.5 Å². The van der Waals surface area contributed by atoms with Crippen molar-refractivity contribution in [2.75, 3.05) is 0 Å². The molecule has 0 saturated carbocycles. The monoisotopic (exact) mass is 252 g/mol. The van der Waals surface area contributed by atoms with Crippen molar-refractivity contribution in [3.05, 3.63) is 58.6 Å². The van der Waals surface area contributed by atoms with E-state index in [1.807, 2.05) is 6.07 Å². The average molecular weight is 253 g/mol. The molecule has 2 aromatic rings. The summed E-state index contributed by atoms with van der Waals surface area (Å²) in [5.74, 6) is -0.818. The molecule has 0 aliphatic carbocycles. The Morgan fingerprint density at radius 2 is 2.24 bits per heavy atom. The molecule has 0 atom stereocenters. The highest BCUT2D eigenvalue weighted by Crippen LogP contribution is 2.15. The van der Waals surface area contributed by atoms with Gasteiger partial charge >= 0.3 is 0 Å². The Kier molecular flexibility index (Phi) is 3.44. The van der Waals surface area contributed by atoms with Gasteiger partial charge in [0.05, 0.1) is 5.02 Å². The zero-order valence-corrected chi connectivity index (χ0v) is 9.59. The van der Waals surface area contributed by atoms with E-state index in [1.165, 1.54) is 18.2 Å². The minimum Gasteiger partial charge on any atom is -0.367 e. The lowest BCUT2D eigenvalue weighted by Gasteiger charge is -2.04. The van der Waals surface area contributed by atoms with Crippen molar-refractivity contribution in [2.45, 2.75) is 6.54 Å². The minimum atomic E-state index is -0.533. The zero-order chi connectivity index (χ0) is 12.3. The lowest BCUT2D eigenvalue weighted by molar-refractivity contribution is 0.0951. The lowest BCUT2D eigenvalue weighted by atomic mass is 10.2. The maximum Gasteiger partial charge on any atom is 0.251 e. The molecule has 0 bridgehead atoms. The van der Waals surface area contributed by atoms with E-state index in [4.69, 9.17) is 11.6 Å². The van der Waals surface area contributed by atoms with Gasteiger partial charge < -0.3 is 10.3 Å². The maximum atomic E-state index is 12.9. The number of benzene rings is 1. The molecule has 0 saturated heterocycles. The van der Waals surface area contributed by atoms with Gasteiger partial charge in [0.25, 0.3) is 5.91 Å². The standard InChI is InChI=1S/C12H10ClFN2O/c13-10-5-9(1-2-11(10)14)12(17)16-7-8-3-4-15-6-8/h1-6,15H,7H2,(H,16,17). The molecule has 17 heavy (non-hydrogen) atoms. The summed E-state index contributed by atoms with van der Waals surface area (Å²) in [6.45, 7) is 0.414. The van der Waals surface area contributed by atoms with Gasteiger partial charge in [-0.25, -0.2) is 4.39 Å². The Morgan fingerprint density at radius 1 is 1.41 bits per heavy atom. The summed E-state index contributed by atoms with van der Waals surface area (Å²) in [7, 11) is 0. The van der Waals surface area contributed by atoms with Crippen molar-refractivity contribution in [3.8, 4) is 0 Å². The van der Waals surface area contributed by atoms with Gasteiger partial charge in [-0.1, -0.05) is 11.6 Å². The van der Waals surface area contributed by atoms with Gasteiger partial charge in [0.15, 0.2) is 0 Å². The minimum absolute atomic E-state index is 0.0562. The van der Waals surface area contributed by atoms with E-state index in [1.54, 1.807) is 12.4 Å². The molecule has 0 aliphatic rings. The third kappa shape index (κ3) is 2.85. The van der Waals surface area contributed by atoms with Crippen LogP contribution >= 0.6 is 11.6 Å². The molecule has 1 amide bonds. The highest BCUT2D eigenvalue weighted by molar-refractivity contribution is 6.31. The highest BCUT2D eigenvalue weighted by atomic mass is 35.5. The van der Waals surface area contributed by atoms with Crippen LogP contribution in [0.1, 0.15) is 15.9 Å². The summed E-state index contributed by atoms with van der Waals surface area (Å²) in [6, 6.07) is 5.74. The number of carbonyl (C=O) groups is 1. The van der Waals surface area contributed by atoms with Crippen LogP contribution in [-0.2, 0) is 6.54 Å². The number of hydrogen-bond donors (Lipinski definition) is 2. The van der Waals surface area contributed by atoms with Gasteiger partial charge in [0.2, 0.25) is 0 Å². The molecule has 88 valence electrons. The Bertz CT molecular complexity index is 525. The first kappa shape index (κ1) is 11.7. The van der Waals surface area contributed by atoms with Gasteiger partial charge in [-0.2, -0.15) is 0 Å². The topological polar surface area (TPSA) is 44.9 Å². The predicted molar refractivity (Wildman–Crippen MR) is 63.4 cm³/mol. The molecule has 0 spiro atoms. The number of carbonyl (C=O) groups excluding carboxylic acids is 1. The molecular formula is C12H10ClFN2O. The molecule has 0 unspecified atom stereocenters. The quantitative estimate of drug-likeness (QED) is 0.867. The van der Waals surface area contributed by atoms with Crippen LogP contribution in [0, 0.1) is 5.82 Å². The lowest BCUT2D eigenvalue weighted by Crippen LogP contribution is -2.22. The van der Waals surface area contributed by atoms with Gasteiger partial charge in [-0.3, -0.25) is 4.79 Å². The molecule has 5 heteroatoms. The summed E-state index contributed by atoms with van der Waals surface area (Å²) in [4.78, 5) is 14.6. The molecule has 2 rings (SSSR count). The molecule has 0 radical (unpaired) electrons. The van der Waals surface area contributed by atoms with E-state index in [-0.39, 0.29) is 10.9 Å². The van der Waals surface area contributed by atoms with Gasteiger partial charge in [-0.15, -0.1) is 0 Å². The van der Waals surface area contributed by atoms with Crippen LogP contribution < -0.4 is 5.32 Å². The van der Waals surface area contributed by atoms with Crippen molar-refractivity contribution in [1.29, 1.82) is 0 Å². The van der Waals surface area contributed by atoms with Crippen molar-refractivity contribution in [1.82, 2.24) is 10.3 Å². The third-order valence-corrected chi connectivity index (χ3v) is 2.59. The molecule has 1 aromatic carbocycles. The van der Waals surface area contributed by atoms with Crippen molar-refractivity contribution < 1.29 is 9.18 Å². The summed E-state index contributed by atoms with van der Waals surface area (Å²) in [6.07, 6.45) is 3.56. The summed E-state index contributed by atoms with van der Waals surface area (Å²) >= 11 is 5.60. The van der Waals surface area contributed by atoms with E-state index in [0.29, 0.717) is 12.1 Å². The Morgan fingerprint density at radius 3 is 2.88 bits per heavy atom. The van der Waals surface area contributed by atoms with Crippen LogP contribution in [0.25, 0.3) is 0 Å². The smallest absolute Gasteiger partial charge is 0.251 e. The van der Waals surface area contributed by atoms with Crippen molar-refractivity contribution in [3.63, 3.8) is 0 Å². The summed E-state index contributed by atoms with van der Waals surface area (Å²) in [5, 5.41) is 2.65. The van der Waals surface area contributed by atoms with E-state index in [2.05, 4.69) is 10.3 Å². The van der Waals surface area contributed by atoms with E-state index in [0.717, 1.165) is 5.56 Å². The molecular weight excluding hydrogens is 243 g/mol. The highest BCUT2D eigenvalue weighted by Gasteiger charge is 2.08. The zero-order valence-electron chi connectivity index (χ0n) is 8.84. The van der Waals surface area contributed by atoms with E-state index >= 15 is 0 Å². The second-order valence-electron chi connectivity index (χ2n) is 3.53. The second-order valence-corrected chi connectivity index (χ2v) is 3.94. The van der Waals surface area contributed by atoms with Gasteiger partial charge in [-0.05, 0) is 29.8 Å². The van der Waals surface area contributed by atoms with Crippen LogP contribution in [0.4, 0.5) is 4.39 Å². The first-order valence-electron chi connectivity index (χ1n) is 5.02. The van der Waals surface area contributed by atoms with Crippen molar-refractivity contribution in [2.24, 2.45) is 0 Å². The van der Waals surface area contributed by atoms with E-state index in [9.17, 15) is 9.18 Å². The number of amides is 1. The van der Waals surface area contributed by atoms with Crippen LogP contribution in [0.2, 0.25) is 5.02 Å². The number of rotatable bonds is 3. The summed E-state index contributed by atoms with van der Waals surface area (Å²) in [5.41, 5.74) is 1.30. The second kappa shape index (κ2) is 5.01. The first-order chi connectivity index (χ1) is 8.16. The fourth-order valence-electron chi connectivity index (χ4n) is 1.39. The van der Waals surface area contributed by atoms with Crippen LogP contribution in [0.15, 0.2) is 36.7 Å². The number of H-pyrrole nitrogens is 1. The molecule has 1 aromatic heterocycles. The Hall–Kier alpha value is -1.81. The van der Waals surface area contributed by atoms with Gasteiger partial charge in [0.1, 0.15) is 5.82 Å². The van der Waals surface area contributed by atoms with Crippen molar-refractivity contribution >= 4 is 17.5 Å². The van der Waals surface area contributed by atoms with E-state index < -0.39 is 5.82 Å². The van der Waals surface area contributed by atoms with Crippen LogP contribution in [0.3, 0.4) is 0 Å². The largest absolute Gasteiger partial charge is 0.367 e. The maximum absolute atomic E-state index is 12.9. The average Bonchev–Trinajstić information content (AvgIpc) is 2.82. The molecule has 0 aliphatic heterocycles. The fourth-order valence-corrected chi connectivity index (χ4v) is 1.57. The number of halogens is 2. The number of aromatic amines is 1. The fraction of sp³-hybridized carbons (Fsp3) is 0.0833. The van der Waals surface area contributed by atoms with Crippen LogP contribution in [0.5, 0.6) is 0 Å². The molecule has 0 fully saturated rings. The molecule has 2 N–H and O–H groups in total. The Balaban J connectivity index is 2.02. The predicted octanol–water partition coefficient (Wildman–Crippen LogP) is 2.74. The van der Waals surface area contributed by atoms with Crippen LogP contribution in [-0.4, -0.2) is 10.9 Å². The SMILES string of the molecule is O=C(NCc1cc[nH]c1)c1ccc(F)c(Cl)c1. The number of hydrogen-bond acceptors (Lipinski definition) is 1. The molecule has 1 heterocycles. The third-order valence-electron chi connectivity index (χ3n) is 2.30. The molecule has 3 nitrogen and oxygen atoms in total.